The molecule has 3 heterocycles. The third kappa shape index (κ3) is 3.01. The molecular weight excluding hydrogens is 314 g/mol. The van der Waals surface area contributed by atoms with Gasteiger partial charge in [0.05, 0.1) is 11.9 Å². The quantitative estimate of drug-likeness (QED) is 0.537. The molecule has 0 fully saturated rings. The van der Waals surface area contributed by atoms with Crippen LogP contribution in [0.1, 0.15) is 21.7 Å². The van der Waals surface area contributed by atoms with Gasteiger partial charge in [0.1, 0.15) is 11.3 Å². The van der Waals surface area contributed by atoms with Gasteiger partial charge in [-0.3, -0.25) is 9.89 Å². The second-order valence-corrected chi connectivity index (χ2v) is 5.89. The Bertz CT molecular complexity index is 1030. The van der Waals surface area contributed by atoms with E-state index in [0.29, 0.717) is 17.9 Å². The predicted octanol–water partition coefficient (Wildman–Crippen LogP) is 3.19. The van der Waals surface area contributed by atoms with E-state index in [0.717, 1.165) is 27.9 Å². The molecule has 0 aliphatic carbocycles. The first-order valence-corrected chi connectivity index (χ1v) is 8.03. The first-order valence-electron chi connectivity index (χ1n) is 8.03. The molecule has 0 atom stereocenters. The van der Waals surface area contributed by atoms with Crippen LogP contribution in [0.25, 0.3) is 22.3 Å². The number of carbonyl (C=O) groups excluding carboxylic acids is 1. The molecular formula is C19H17N5O. The van der Waals surface area contributed by atoms with E-state index in [4.69, 9.17) is 0 Å². The summed E-state index contributed by atoms with van der Waals surface area (Å²) in [5.74, 6) is -0.150. The number of pyridine rings is 1. The van der Waals surface area contributed by atoms with Crippen molar-refractivity contribution >= 4 is 16.9 Å². The van der Waals surface area contributed by atoms with Crippen molar-refractivity contribution in [2.45, 2.75) is 13.5 Å². The maximum absolute atomic E-state index is 12.4. The van der Waals surface area contributed by atoms with Gasteiger partial charge < -0.3 is 10.3 Å². The molecule has 0 unspecified atom stereocenters. The summed E-state index contributed by atoms with van der Waals surface area (Å²) in [7, 11) is 0. The highest BCUT2D eigenvalue weighted by Gasteiger charge is 2.12. The van der Waals surface area contributed by atoms with Crippen LogP contribution in [-0.4, -0.2) is 26.1 Å². The largest absolute Gasteiger partial charge is 0.347 e. The first-order chi connectivity index (χ1) is 12.2. The Hall–Kier alpha value is -3.41. The van der Waals surface area contributed by atoms with Crippen LogP contribution in [0.4, 0.5) is 0 Å². The lowest BCUT2D eigenvalue weighted by molar-refractivity contribution is 0.0946. The predicted molar refractivity (Wildman–Crippen MR) is 96.0 cm³/mol. The average molecular weight is 331 g/mol. The van der Waals surface area contributed by atoms with Gasteiger partial charge in [0.2, 0.25) is 0 Å². The van der Waals surface area contributed by atoms with Crippen LogP contribution in [-0.2, 0) is 6.54 Å². The number of carbonyl (C=O) groups is 1. The maximum atomic E-state index is 12.4. The number of nitrogens with one attached hydrogen (secondary N) is 3. The molecule has 0 spiro atoms. The standard InChI is InChI=1S/C19H17N5O/c1-12-15(11-21-24-12)16-8-7-14-9-17(23-18(14)22-16)19(25)20-10-13-5-3-2-4-6-13/h2-9,11H,10H2,1H3,(H,20,25)(H,21,24)(H,22,23). The van der Waals surface area contributed by atoms with Gasteiger partial charge in [-0.25, -0.2) is 4.98 Å². The molecule has 3 N–H and O–H groups in total. The van der Waals surface area contributed by atoms with Crippen molar-refractivity contribution < 1.29 is 4.79 Å². The molecule has 0 saturated carbocycles. The summed E-state index contributed by atoms with van der Waals surface area (Å²) in [6.45, 7) is 2.44. The zero-order valence-electron chi connectivity index (χ0n) is 13.7. The molecule has 0 saturated heterocycles. The number of fused-ring (bicyclic) bond motifs is 1. The van der Waals surface area contributed by atoms with E-state index in [2.05, 4.69) is 25.5 Å². The SMILES string of the molecule is Cc1[nH]ncc1-c1ccc2cc(C(=O)NCc3ccccc3)[nH]c2n1. The van der Waals surface area contributed by atoms with Crippen LogP contribution in [0, 0.1) is 6.92 Å². The van der Waals surface area contributed by atoms with Crippen LogP contribution >= 0.6 is 0 Å². The van der Waals surface area contributed by atoms with Crippen molar-refractivity contribution in [2.75, 3.05) is 0 Å². The van der Waals surface area contributed by atoms with E-state index < -0.39 is 0 Å². The fraction of sp³-hybridized carbons (Fsp3) is 0.105. The summed E-state index contributed by atoms with van der Waals surface area (Å²) >= 11 is 0. The van der Waals surface area contributed by atoms with Crippen molar-refractivity contribution in [3.05, 3.63) is 71.7 Å². The third-order valence-corrected chi connectivity index (χ3v) is 4.13. The normalized spacial score (nSPS) is 10.9. The highest BCUT2D eigenvalue weighted by Crippen LogP contribution is 2.22. The molecule has 4 rings (SSSR count). The zero-order chi connectivity index (χ0) is 17.2. The number of aryl methyl sites for hydroxylation is 1. The molecule has 25 heavy (non-hydrogen) atoms. The van der Waals surface area contributed by atoms with Crippen molar-refractivity contribution in [1.82, 2.24) is 25.5 Å². The van der Waals surface area contributed by atoms with Crippen LogP contribution in [0.3, 0.4) is 0 Å². The molecule has 3 aromatic heterocycles. The van der Waals surface area contributed by atoms with E-state index in [-0.39, 0.29) is 5.91 Å². The minimum absolute atomic E-state index is 0.150. The molecule has 0 bridgehead atoms. The number of benzene rings is 1. The molecule has 0 radical (unpaired) electrons. The van der Waals surface area contributed by atoms with Crippen LogP contribution in [0.2, 0.25) is 0 Å². The average Bonchev–Trinajstić information content (AvgIpc) is 3.25. The Kier molecular flexibility index (Phi) is 3.78. The summed E-state index contributed by atoms with van der Waals surface area (Å²) in [5, 5.41) is 10.7. The van der Waals surface area contributed by atoms with Gasteiger partial charge in [-0.1, -0.05) is 30.3 Å². The Morgan fingerprint density at radius 3 is 2.76 bits per heavy atom. The van der Waals surface area contributed by atoms with E-state index in [9.17, 15) is 4.79 Å². The molecule has 1 amide bonds. The van der Waals surface area contributed by atoms with Crippen molar-refractivity contribution in [3.8, 4) is 11.3 Å². The number of aromatic nitrogens is 4. The van der Waals surface area contributed by atoms with Crippen molar-refractivity contribution in [2.24, 2.45) is 0 Å². The lowest BCUT2D eigenvalue weighted by atomic mass is 10.1. The summed E-state index contributed by atoms with van der Waals surface area (Å²) in [6.07, 6.45) is 1.75. The Morgan fingerprint density at radius 1 is 1.16 bits per heavy atom. The van der Waals surface area contributed by atoms with Gasteiger partial charge in [-0.05, 0) is 30.7 Å². The topological polar surface area (TPSA) is 86.5 Å². The third-order valence-electron chi connectivity index (χ3n) is 4.13. The van der Waals surface area contributed by atoms with Gasteiger partial charge in [-0.2, -0.15) is 5.10 Å². The fourth-order valence-corrected chi connectivity index (χ4v) is 2.76. The second-order valence-electron chi connectivity index (χ2n) is 5.89. The Morgan fingerprint density at radius 2 is 2.00 bits per heavy atom. The van der Waals surface area contributed by atoms with Crippen molar-refractivity contribution in [3.63, 3.8) is 0 Å². The summed E-state index contributed by atoms with van der Waals surface area (Å²) in [5.41, 5.74) is 4.97. The summed E-state index contributed by atoms with van der Waals surface area (Å²) in [6, 6.07) is 15.5. The second kappa shape index (κ2) is 6.24. The van der Waals surface area contributed by atoms with Gasteiger partial charge in [0.25, 0.3) is 5.91 Å². The lowest BCUT2D eigenvalue weighted by Crippen LogP contribution is -2.22. The van der Waals surface area contributed by atoms with Crippen LogP contribution in [0.5, 0.6) is 0 Å². The lowest BCUT2D eigenvalue weighted by Gasteiger charge is -2.03. The van der Waals surface area contributed by atoms with Gasteiger partial charge in [-0.15, -0.1) is 0 Å². The van der Waals surface area contributed by atoms with Gasteiger partial charge >= 0.3 is 0 Å². The van der Waals surface area contributed by atoms with E-state index in [1.807, 2.05) is 55.5 Å². The molecule has 1 aromatic carbocycles. The molecule has 0 aliphatic rings. The molecule has 4 aromatic rings. The Labute approximate surface area is 144 Å². The number of rotatable bonds is 4. The number of H-pyrrole nitrogens is 2. The van der Waals surface area contributed by atoms with E-state index in [1.165, 1.54) is 0 Å². The van der Waals surface area contributed by atoms with Gasteiger partial charge in [0.15, 0.2) is 0 Å². The number of hydrogen-bond donors (Lipinski definition) is 3. The Balaban J connectivity index is 1.56. The van der Waals surface area contributed by atoms with Crippen LogP contribution < -0.4 is 5.32 Å². The first kappa shape index (κ1) is 15.1. The number of amides is 1. The van der Waals surface area contributed by atoms with Crippen molar-refractivity contribution in [1.29, 1.82) is 0 Å². The minimum atomic E-state index is -0.150. The van der Waals surface area contributed by atoms with E-state index in [1.54, 1.807) is 6.20 Å². The molecule has 0 aliphatic heterocycles. The van der Waals surface area contributed by atoms with E-state index >= 15 is 0 Å². The maximum Gasteiger partial charge on any atom is 0.268 e. The number of hydrogen-bond acceptors (Lipinski definition) is 3. The summed E-state index contributed by atoms with van der Waals surface area (Å²) < 4.78 is 0. The minimum Gasteiger partial charge on any atom is -0.347 e. The van der Waals surface area contributed by atoms with Crippen LogP contribution in [0.15, 0.2) is 54.7 Å². The molecule has 6 heteroatoms. The fourth-order valence-electron chi connectivity index (χ4n) is 2.76. The summed E-state index contributed by atoms with van der Waals surface area (Å²) in [4.78, 5) is 20.1. The smallest absolute Gasteiger partial charge is 0.268 e. The molecule has 124 valence electrons. The number of nitrogens with zero attached hydrogens (tertiary/aromatic N) is 2. The number of aromatic amines is 2. The van der Waals surface area contributed by atoms with Gasteiger partial charge in [0, 0.05) is 23.2 Å². The molecule has 6 nitrogen and oxygen atoms in total. The zero-order valence-corrected chi connectivity index (χ0v) is 13.7. The highest BCUT2D eigenvalue weighted by molar-refractivity contribution is 5.97. The monoisotopic (exact) mass is 331 g/mol. The highest BCUT2D eigenvalue weighted by atomic mass is 16.1.